The Morgan fingerprint density at radius 1 is 1.32 bits per heavy atom. The van der Waals surface area contributed by atoms with Crippen molar-refractivity contribution in [1.29, 1.82) is 0 Å². The van der Waals surface area contributed by atoms with Crippen molar-refractivity contribution in [3.05, 3.63) is 65.2 Å². The van der Waals surface area contributed by atoms with E-state index in [0.29, 0.717) is 6.61 Å². The Morgan fingerprint density at radius 2 is 2.16 bits per heavy atom. The molecule has 2 rings (SSSR count). The minimum Gasteiger partial charge on any atom is -0.478 e. The van der Waals surface area contributed by atoms with Crippen LogP contribution in [0.5, 0.6) is 0 Å². The second-order valence-corrected chi connectivity index (χ2v) is 3.97. The fourth-order valence-electron chi connectivity index (χ4n) is 1.58. The lowest BCUT2D eigenvalue weighted by Gasteiger charge is -2.06. The van der Waals surface area contributed by atoms with Gasteiger partial charge in [0.05, 0.1) is 18.8 Å². The number of pyridine rings is 1. The van der Waals surface area contributed by atoms with Gasteiger partial charge in [-0.3, -0.25) is 4.98 Å². The molecule has 0 fully saturated rings. The third kappa shape index (κ3) is 3.59. The molecule has 98 valence electrons. The lowest BCUT2D eigenvalue weighted by atomic mass is 10.1. The fourth-order valence-corrected chi connectivity index (χ4v) is 1.58. The first-order chi connectivity index (χ1) is 9.16. The van der Waals surface area contributed by atoms with Crippen LogP contribution in [0.15, 0.2) is 42.7 Å². The van der Waals surface area contributed by atoms with Gasteiger partial charge in [0.15, 0.2) is 0 Å². The van der Waals surface area contributed by atoms with E-state index < -0.39 is 11.8 Å². The molecule has 2 aromatic rings. The standard InChI is InChI=1S/C14H12FNO3/c15-13-4-3-11(14(17)18)6-12(13)9-19-8-10-2-1-5-16-7-10/h1-7H,8-9H2,(H,17,18). The summed E-state index contributed by atoms with van der Waals surface area (Å²) in [6.45, 7) is 0.312. The average Bonchev–Trinajstić information content (AvgIpc) is 2.42. The molecule has 0 bridgehead atoms. The number of hydrogen-bond acceptors (Lipinski definition) is 3. The molecule has 0 aliphatic carbocycles. The highest BCUT2D eigenvalue weighted by atomic mass is 19.1. The van der Waals surface area contributed by atoms with Gasteiger partial charge in [-0.25, -0.2) is 9.18 Å². The molecule has 5 heteroatoms. The molecule has 0 saturated carbocycles. The SMILES string of the molecule is O=C(O)c1ccc(F)c(COCc2cccnc2)c1. The summed E-state index contributed by atoms with van der Waals surface area (Å²) < 4.78 is 18.8. The van der Waals surface area contributed by atoms with Crippen LogP contribution < -0.4 is 0 Å². The number of carboxylic acid groups (broad SMARTS) is 1. The number of aromatic carboxylic acids is 1. The molecule has 0 unspecified atom stereocenters. The van der Waals surface area contributed by atoms with E-state index in [-0.39, 0.29) is 17.7 Å². The number of carbonyl (C=O) groups is 1. The highest BCUT2D eigenvalue weighted by molar-refractivity contribution is 5.87. The van der Waals surface area contributed by atoms with Crippen molar-refractivity contribution in [2.45, 2.75) is 13.2 Å². The van der Waals surface area contributed by atoms with Crippen molar-refractivity contribution in [2.24, 2.45) is 0 Å². The average molecular weight is 261 g/mol. The van der Waals surface area contributed by atoms with Crippen LogP contribution >= 0.6 is 0 Å². The Morgan fingerprint density at radius 3 is 2.84 bits per heavy atom. The van der Waals surface area contributed by atoms with E-state index in [2.05, 4.69) is 4.98 Å². The maximum atomic E-state index is 13.5. The minimum absolute atomic E-state index is 0.0157. The molecule has 0 amide bonds. The van der Waals surface area contributed by atoms with E-state index in [4.69, 9.17) is 9.84 Å². The summed E-state index contributed by atoms with van der Waals surface area (Å²) in [5, 5.41) is 8.83. The molecule has 0 saturated heterocycles. The number of benzene rings is 1. The Kier molecular flexibility index (Phi) is 4.20. The van der Waals surface area contributed by atoms with Crippen LogP contribution in [-0.2, 0) is 18.0 Å². The number of rotatable bonds is 5. The summed E-state index contributed by atoms with van der Waals surface area (Å²) in [6.07, 6.45) is 3.31. The third-order valence-corrected chi connectivity index (χ3v) is 2.54. The lowest BCUT2D eigenvalue weighted by molar-refractivity contribution is 0.0696. The van der Waals surface area contributed by atoms with Crippen LogP contribution in [0.4, 0.5) is 4.39 Å². The molecule has 0 aliphatic heterocycles. The lowest BCUT2D eigenvalue weighted by Crippen LogP contribution is -2.02. The number of halogens is 1. The summed E-state index contributed by atoms with van der Waals surface area (Å²) in [6, 6.07) is 7.26. The Bertz CT molecular complexity index is 572. The number of ether oxygens (including phenoxy) is 1. The molecule has 4 nitrogen and oxygen atoms in total. The summed E-state index contributed by atoms with van der Waals surface area (Å²) in [5.74, 6) is -1.57. The molecular weight excluding hydrogens is 249 g/mol. The molecule has 19 heavy (non-hydrogen) atoms. The van der Waals surface area contributed by atoms with Crippen LogP contribution in [0.1, 0.15) is 21.5 Å². The van der Waals surface area contributed by atoms with Crippen LogP contribution in [0.3, 0.4) is 0 Å². The maximum Gasteiger partial charge on any atom is 0.335 e. The number of nitrogens with zero attached hydrogens (tertiary/aromatic N) is 1. The third-order valence-electron chi connectivity index (χ3n) is 2.54. The van der Waals surface area contributed by atoms with Crippen LogP contribution in [0, 0.1) is 5.82 Å². The summed E-state index contributed by atoms with van der Waals surface area (Å²) in [5.41, 5.74) is 1.14. The van der Waals surface area contributed by atoms with Crippen molar-refractivity contribution in [3.8, 4) is 0 Å². The van der Waals surface area contributed by atoms with Gasteiger partial charge >= 0.3 is 5.97 Å². The molecule has 0 atom stereocenters. The van der Waals surface area contributed by atoms with Crippen molar-refractivity contribution in [2.75, 3.05) is 0 Å². The van der Waals surface area contributed by atoms with Gasteiger partial charge in [-0.15, -0.1) is 0 Å². The Labute approximate surface area is 109 Å². The zero-order valence-corrected chi connectivity index (χ0v) is 10.0. The Balaban J connectivity index is 1.99. The van der Waals surface area contributed by atoms with Gasteiger partial charge in [0, 0.05) is 18.0 Å². The van der Waals surface area contributed by atoms with E-state index in [9.17, 15) is 9.18 Å². The van der Waals surface area contributed by atoms with Gasteiger partial charge in [0.2, 0.25) is 0 Å². The van der Waals surface area contributed by atoms with Gasteiger partial charge in [0.25, 0.3) is 0 Å². The number of hydrogen-bond donors (Lipinski definition) is 1. The predicted octanol–water partition coefficient (Wildman–Crippen LogP) is 2.64. The van der Waals surface area contributed by atoms with Gasteiger partial charge in [-0.2, -0.15) is 0 Å². The quantitative estimate of drug-likeness (QED) is 0.898. The first kappa shape index (κ1) is 13.2. The van der Waals surface area contributed by atoms with Gasteiger partial charge < -0.3 is 9.84 Å². The first-order valence-corrected chi connectivity index (χ1v) is 5.65. The summed E-state index contributed by atoms with van der Waals surface area (Å²) >= 11 is 0. The van der Waals surface area contributed by atoms with Crippen LogP contribution in [0.25, 0.3) is 0 Å². The van der Waals surface area contributed by atoms with E-state index in [1.54, 1.807) is 18.5 Å². The topological polar surface area (TPSA) is 59.4 Å². The van der Waals surface area contributed by atoms with E-state index in [1.165, 1.54) is 12.1 Å². The zero-order valence-electron chi connectivity index (χ0n) is 10.0. The maximum absolute atomic E-state index is 13.5. The second kappa shape index (κ2) is 6.06. The fraction of sp³-hybridized carbons (Fsp3) is 0.143. The summed E-state index contributed by atoms with van der Waals surface area (Å²) in [4.78, 5) is 14.7. The van der Waals surface area contributed by atoms with Crippen LogP contribution in [0.2, 0.25) is 0 Å². The molecule has 1 aromatic heterocycles. The van der Waals surface area contributed by atoms with Crippen molar-refractivity contribution >= 4 is 5.97 Å². The van der Waals surface area contributed by atoms with Gasteiger partial charge in [-0.1, -0.05) is 6.07 Å². The normalized spacial score (nSPS) is 10.4. The highest BCUT2D eigenvalue weighted by Crippen LogP contribution is 2.13. The first-order valence-electron chi connectivity index (χ1n) is 5.65. The number of aromatic nitrogens is 1. The van der Waals surface area contributed by atoms with Gasteiger partial charge in [-0.05, 0) is 29.8 Å². The van der Waals surface area contributed by atoms with E-state index >= 15 is 0 Å². The molecule has 0 spiro atoms. The Hall–Kier alpha value is -2.27. The van der Waals surface area contributed by atoms with Crippen molar-refractivity contribution in [1.82, 2.24) is 4.98 Å². The summed E-state index contributed by atoms with van der Waals surface area (Å²) in [7, 11) is 0. The van der Waals surface area contributed by atoms with Crippen molar-refractivity contribution in [3.63, 3.8) is 0 Å². The van der Waals surface area contributed by atoms with E-state index in [1.807, 2.05) is 6.07 Å². The zero-order chi connectivity index (χ0) is 13.7. The largest absolute Gasteiger partial charge is 0.478 e. The minimum atomic E-state index is -1.09. The molecule has 1 N–H and O–H groups in total. The predicted molar refractivity (Wildman–Crippen MR) is 66.1 cm³/mol. The molecule has 1 heterocycles. The van der Waals surface area contributed by atoms with Crippen molar-refractivity contribution < 1.29 is 19.0 Å². The second-order valence-electron chi connectivity index (χ2n) is 3.97. The van der Waals surface area contributed by atoms with Crippen LogP contribution in [-0.4, -0.2) is 16.1 Å². The van der Waals surface area contributed by atoms with Gasteiger partial charge in [0.1, 0.15) is 5.82 Å². The molecule has 1 aromatic carbocycles. The van der Waals surface area contributed by atoms with E-state index in [0.717, 1.165) is 11.6 Å². The molecule has 0 radical (unpaired) electrons. The molecular formula is C14H12FNO3. The molecule has 0 aliphatic rings. The smallest absolute Gasteiger partial charge is 0.335 e. The highest BCUT2D eigenvalue weighted by Gasteiger charge is 2.08. The number of carboxylic acids is 1. The monoisotopic (exact) mass is 261 g/mol.